The SMILES string of the molecule is COc1cc(OC)c(C(=O)CC(C)C(=O)O)c(OC)c1. The van der Waals surface area contributed by atoms with Crippen molar-refractivity contribution in [2.75, 3.05) is 21.3 Å². The van der Waals surface area contributed by atoms with Gasteiger partial charge in [0.05, 0.1) is 27.2 Å². The van der Waals surface area contributed by atoms with Crippen LogP contribution in [0.5, 0.6) is 17.2 Å². The average Bonchev–Trinajstić information content (AvgIpc) is 2.45. The van der Waals surface area contributed by atoms with Gasteiger partial charge >= 0.3 is 5.97 Å². The zero-order chi connectivity index (χ0) is 15.3. The number of benzene rings is 1. The van der Waals surface area contributed by atoms with Gasteiger partial charge in [0.25, 0.3) is 0 Å². The predicted molar refractivity (Wildman–Crippen MR) is 71.8 cm³/mol. The molecule has 20 heavy (non-hydrogen) atoms. The van der Waals surface area contributed by atoms with Gasteiger partial charge in [0.1, 0.15) is 22.8 Å². The molecule has 0 saturated carbocycles. The maximum absolute atomic E-state index is 12.3. The molecule has 1 aromatic carbocycles. The van der Waals surface area contributed by atoms with Gasteiger partial charge in [-0.3, -0.25) is 9.59 Å². The van der Waals surface area contributed by atoms with Crippen LogP contribution in [-0.2, 0) is 4.79 Å². The highest BCUT2D eigenvalue weighted by Crippen LogP contribution is 2.35. The van der Waals surface area contributed by atoms with E-state index in [0.29, 0.717) is 17.2 Å². The van der Waals surface area contributed by atoms with Gasteiger partial charge in [0, 0.05) is 18.6 Å². The number of carboxylic acids is 1. The Morgan fingerprint density at radius 3 is 1.95 bits per heavy atom. The number of hydrogen-bond acceptors (Lipinski definition) is 5. The summed E-state index contributed by atoms with van der Waals surface area (Å²) in [5.74, 6) is -1.07. The molecule has 0 aliphatic carbocycles. The smallest absolute Gasteiger partial charge is 0.306 e. The second-order valence-electron chi connectivity index (χ2n) is 4.27. The van der Waals surface area contributed by atoms with Gasteiger partial charge in [-0.1, -0.05) is 6.92 Å². The lowest BCUT2D eigenvalue weighted by Crippen LogP contribution is -2.16. The molecule has 110 valence electrons. The Morgan fingerprint density at radius 2 is 1.60 bits per heavy atom. The van der Waals surface area contributed by atoms with Crippen molar-refractivity contribution in [1.29, 1.82) is 0 Å². The summed E-state index contributed by atoms with van der Waals surface area (Å²) < 4.78 is 15.4. The van der Waals surface area contributed by atoms with Crippen LogP contribution in [0, 0.1) is 5.92 Å². The molecule has 0 bridgehead atoms. The molecule has 0 aliphatic rings. The van der Waals surface area contributed by atoms with E-state index in [1.807, 2.05) is 0 Å². The molecule has 1 N–H and O–H groups in total. The van der Waals surface area contributed by atoms with E-state index in [4.69, 9.17) is 19.3 Å². The number of aliphatic carboxylic acids is 1. The topological polar surface area (TPSA) is 82.1 Å². The number of ketones is 1. The maximum atomic E-state index is 12.3. The zero-order valence-corrected chi connectivity index (χ0v) is 11.9. The summed E-state index contributed by atoms with van der Waals surface area (Å²) in [6, 6.07) is 3.11. The second-order valence-corrected chi connectivity index (χ2v) is 4.27. The normalized spacial score (nSPS) is 11.6. The average molecular weight is 282 g/mol. The molecular weight excluding hydrogens is 264 g/mol. The minimum absolute atomic E-state index is 0.131. The van der Waals surface area contributed by atoms with Crippen LogP contribution in [0.3, 0.4) is 0 Å². The Kier molecular flexibility index (Phi) is 5.37. The molecule has 0 heterocycles. The molecule has 1 atom stereocenters. The molecule has 0 aliphatic heterocycles. The summed E-state index contributed by atoms with van der Waals surface area (Å²) in [6.07, 6.45) is -0.131. The van der Waals surface area contributed by atoms with Crippen LogP contribution >= 0.6 is 0 Å². The number of carboxylic acid groups (broad SMARTS) is 1. The maximum Gasteiger partial charge on any atom is 0.306 e. The molecule has 6 heteroatoms. The first-order chi connectivity index (χ1) is 9.44. The van der Waals surface area contributed by atoms with Crippen LogP contribution in [0.25, 0.3) is 0 Å². The summed E-state index contributed by atoms with van der Waals surface area (Å²) in [4.78, 5) is 23.1. The summed E-state index contributed by atoms with van der Waals surface area (Å²) in [7, 11) is 4.33. The minimum Gasteiger partial charge on any atom is -0.496 e. The van der Waals surface area contributed by atoms with Crippen LogP contribution in [0.15, 0.2) is 12.1 Å². The largest absolute Gasteiger partial charge is 0.496 e. The number of carbonyl (C=O) groups is 2. The number of Topliss-reactive ketones (excluding diaryl/α,β-unsaturated/α-hetero) is 1. The lowest BCUT2D eigenvalue weighted by atomic mass is 9.98. The van der Waals surface area contributed by atoms with Gasteiger partial charge in [-0.2, -0.15) is 0 Å². The number of rotatable bonds is 7. The summed E-state index contributed by atoms with van der Waals surface area (Å²) in [6.45, 7) is 1.47. The van der Waals surface area contributed by atoms with Crippen LogP contribution in [0.1, 0.15) is 23.7 Å². The standard InChI is InChI=1S/C14H18O6/c1-8(14(16)17)5-10(15)13-11(19-3)6-9(18-2)7-12(13)20-4/h6-8H,5H2,1-4H3,(H,16,17). The third kappa shape index (κ3) is 3.40. The van der Waals surface area contributed by atoms with Crippen molar-refractivity contribution in [2.24, 2.45) is 5.92 Å². The Morgan fingerprint density at radius 1 is 1.10 bits per heavy atom. The molecule has 0 amide bonds. The molecule has 1 rings (SSSR count). The van der Waals surface area contributed by atoms with E-state index in [-0.39, 0.29) is 17.8 Å². The van der Waals surface area contributed by atoms with E-state index < -0.39 is 11.9 Å². The highest BCUT2D eigenvalue weighted by Gasteiger charge is 2.24. The van der Waals surface area contributed by atoms with Crippen molar-refractivity contribution in [3.05, 3.63) is 17.7 Å². The van der Waals surface area contributed by atoms with Crippen molar-refractivity contribution < 1.29 is 28.9 Å². The first-order valence-electron chi connectivity index (χ1n) is 6.00. The number of methoxy groups -OCH3 is 3. The van der Waals surface area contributed by atoms with E-state index in [1.165, 1.54) is 28.3 Å². The van der Waals surface area contributed by atoms with Gasteiger partial charge in [-0.25, -0.2) is 0 Å². The first-order valence-corrected chi connectivity index (χ1v) is 6.00. The van der Waals surface area contributed by atoms with Crippen molar-refractivity contribution >= 4 is 11.8 Å². The minimum atomic E-state index is -1.02. The van der Waals surface area contributed by atoms with Crippen molar-refractivity contribution in [1.82, 2.24) is 0 Å². The van der Waals surface area contributed by atoms with Gasteiger partial charge in [-0.05, 0) is 0 Å². The van der Waals surface area contributed by atoms with E-state index in [1.54, 1.807) is 12.1 Å². The predicted octanol–water partition coefficient (Wildman–Crippen LogP) is 2.01. The van der Waals surface area contributed by atoms with Crippen LogP contribution in [0.4, 0.5) is 0 Å². The zero-order valence-electron chi connectivity index (χ0n) is 11.9. The first kappa shape index (κ1) is 15.8. The van der Waals surface area contributed by atoms with Crippen molar-refractivity contribution in [3.63, 3.8) is 0 Å². The highest BCUT2D eigenvalue weighted by atomic mass is 16.5. The number of hydrogen-bond donors (Lipinski definition) is 1. The number of ether oxygens (including phenoxy) is 3. The fourth-order valence-electron chi connectivity index (χ4n) is 1.75. The van der Waals surface area contributed by atoms with E-state index in [0.717, 1.165) is 0 Å². The van der Waals surface area contributed by atoms with Crippen molar-refractivity contribution in [3.8, 4) is 17.2 Å². The van der Waals surface area contributed by atoms with Gasteiger partial charge in [0.2, 0.25) is 0 Å². The van der Waals surface area contributed by atoms with E-state index in [2.05, 4.69) is 0 Å². The number of carbonyl (C=O) groups excluding carboxylic acids is 1. The van der Waals surface area contributed by atoms with Gasteiger partial charge in [0.15, 0.2) is 5.78 Å². The fraction of sp³-hybridized carbons (Fsp3) is 0.429. The Hall–Kier alpha value is -2.24. The molecule has 1 aromatic rings. The molecule has 6 nitrogen and oxygen atoms in total. The molecule has 0 fully saturated rings. The third-order valence-corrected chi connectivity index (χ3v) is 2.91. The molecule has 0 saturated heterocycles. The molecule has 1 unspecified atom stereocenters. The molecule has 0 aromatic heterocycles. The molecule has 0 spiro atoms. The van der Waals surface area contributed by atoms with Crippen LogP contribution < -0.4 is 14.2 Å². The highest BCUT2D eigenvalue weighted by molar-refractivity contribution is 6.03. The molecular formula is C14H18O6. The Bertz CT molecular complexity index is 483. The lowest BCUT2D eigenvalue weighted by molar-refractivity contribution is -0.141. The van der Waals surface area contributed by atoms with Crippen LogP contribution in [-0.4, -0.2) is 38.2 Å². The van der Waals surface area contributed by atoms with E-state index >= 15 is 0 Å². The summed E-state index contributed by atoms with van der Waals surface area (Å²) in [5, 5.41) is 8.88. The quantitative estimate of drug-likeness (QED) is 0.770. The van der Waals surface area contributed by atoms with E-state index in [9.17, 15) is 9.59 Å². The van der Waals surface area contributed by atoms with Crippen molar-refractivity contribution in [2.45, 2.75) is 13.3 Å². The third-order valence-electron chi connectivity index (χ3n) is 2.91. The Balaban J connectivity index is 3.21. The monoisotopic (exact) mass is 282 g/mol. The molecule has 0 radical (unpaired) electrons. The lowest BCUT2D eigenvalue weighted by Gasteiger charge is -2.15. The second kappa shape index (κ2) is 6.79. The van der Waals surface area contributed by atoms with Gasteiger partial charge in [-0.15, -0.1) is 0 Å². The Labute approximate surface area is 117 Å². The summed E-state index contributed by atoms with van der Waals surface area (Å²) in [5.41, 5.74) is 0.226. The fourth-order valence-corrected chi connectivity index (χ4v) is 1.75. The van der Waals surface area contributed by atoms with Gasteiger partial charge < -0.3 is 19.3 Å². The van der Waals surface area contributed by atoms with Crippen LogP contribution in [0.2, 0.25) is 0 Å². The summed E-state index contributed by atoms with van der Waals surface area (Å²) >= 11 is 0.